The SMILES string of the molecule is CC1CCC(CO)(N(C)C(=O)OCc2ccccc2)C1. The first-order chi connectivity index (χ1) is 9.57. The first-order valence-electron chi connectivity index (χ1n) is 7.13. The number of carbonyl (C=O) groups excluding carboxylic acids is 1. The van der Waals surface area contributed by atoms with Crippen molar-refractivity contribution >= 4 is 6.09 Å². The van der Waals surface area contributed by atoms with Crippen molar-refractivity contribution in [2.45, 2.75) is 38.3 Å². The summed E-state index contributed by atoms with van der Waals surface area (Å²) in [5.41, 5.74) is 0.514. The molecule has 2 unspecified atom stereocenters. The topological polar surface area (TPSA) is 49.8 Å². The third-order valence-corrected chi connectivity index (χ3v) is 4.32. The number of likely N-dealkylation sites (N-methyl/N-ethyl adjacent to an activating group) is 1. The van der Waals surface area contributed by atoms with Gasteiger partial charge >= 0.3 is 6.09 Å². The highest BCUT2D eigenvalue weighted by atomic mass is 16.6. The maximum absolute atomic E-state index is 12.2. The van der Waals surface area contributed by atoms with Gasteiger partial charge in [0, 0.05) is 7.05 Å². The van der Waals surface area contributed by atoms with Crippen LogP contribution in [0, 0.1) is 5.92 Å². The van der Waals surface area contributed by atoms with Crippen LogP contribution in [0.4, 0.5) is 4.79 Å². The highest BCUT2D eigenvalue weighted by Crippen LogP contribution is 2.38. The summed E-state index contributed by atoms with van der Waals surface area (Å²) in [5, 5.41) is 9.69. The normalized spacial score (nSPS) is 25.4. The van der Waals surface area contributed by atoms with Gasteiger partial charge in [-0.2, -0.15) is 0 Å². The van der Waals surface area contributed by atoms with Crippen molar-refractivity contribution in [3.63, 3.8) is 0 Å². The van der Waals surface area contributed by atoms with Crippen molar-refractivity contribution in [1.29, 1.82) is 0 Å². The smallest absolute Gasteiger partial charge is 0.410 e. The second-order valence-electron chi connectivity index (χ2n) is 5.83. The van der Waals surface area contributed by atoms with Crippen LogP contribution in [0.1, 0.15) is 31.7 Å². The van der Waals surface area contributed by atoms with Gasteiger partial charge in [-0.1, -0.05) is 37.3 Å². The zero-order valence-corrected chi connectivity index (χ0v) is 12.2. The number of benzene rings is 1. The van der Waals surface area contributed by atoms with Crippen molar-refractivity contribution in [1.82, 2.24) is 4.90 Å². The predicted octanol–water partition coefficient (Wildman–Crippen LogP) is 2.81. The van der Waals surface area contributed by atoms with Crippen LogP contribution >= 0.6 is 0 Å². The fourth-order valence-electron chi connectivity index (χ4n) is 2.93. The molecule has 0 saturated heterocycles. The molecular weight excluding hydrogens is 254 g/mol. The number of amides is 1. The molecular formula is C16H23NO3. The zero-order chi connectivity index (χ0) is 14.6. The lowest BCUT2D eigenvalue weighted by Gasteiger charge is -2.36. The number of hydrogen-bond donors (Lipinski definition) is 1. The third-order valence-electron chi connectivity index (χ3n) is 4.32. The molecule has 1 aliphatic rings. The largest absolute Gasteiger partial charge is 0.445 e. The molecule has 0 bridgehead atoms. The van der Waals surface area contributed by atoms with Gasteiger partial charge in [-0.25, -0.2) is 4.79 Å². The first-order valence-corrected chi connectivity index (χ1v) is 7.13. The second-order valence-corrected chi connectivity index (χ2v) is 5.83. The Bertz CT molecular complexity index is 448. The molecule has 110 valence electrons. The minimum absolute atomic E-state index is 0.00568. The fourth-order valence-corrected chi connectivity index (χ4v) is 2.93. The fraction of sp³-hybridized carbons (Fsp3) is 0.562. The van der Waals surface area contributed by atoms with Crippen molar-refractivity contribution in [2.24, 2.45) is 5.92 Å². The number of aliphatic hydroxyl groups is 1. The highest BCUT2D eigenvalue weighted by molar-refractivity contribution is 5.68. The third kappa shape index (κ3) is 3.12. The molecule has 1 aliphatic carbocycles. The maximum atomic E-state index is 12.2. The summed E-state index contributed by atoms with van der Waals surface area (Å²) in [4.78, 5) is 13.7. The maximum Gasteiger partial charge on any atom is 0.410 e. The van der Waals surface area contributed by atoms with Crippen molar-refractivity contribution in [3.8, 4) is 0 Å². The van der Waals surface area contributed by atoms with Gasteiger partial charge in [-0.05, 0) is 30.7 Å². The molecule has 0 spiro atoms. The van der Waals surface area contributed by atoms with Gasteiger partial charge in [0.05, 0.1) is 12.1 Å². The Balaban J connectivity index is 1.94. The molecule has 1 aromatic rings. The van der Waals surface area contributed by atoms with Gasteiger partial charge in [-0.3, -0.25) is 0 Å². The lowest BCUT2D eigenvalue weighted by molar-refractivity contribution is 0.0297. The van der Waals surface area contributed by atoms with Crippen LogP contribution < -0.4 is 0 Å². The predicted molar refractivity (Wildman–Crippen MR) is 77.2 cm³/mol. The first kappa shape index (κ1) is 14.9. The Morgan fingerprint density at radius 2 is 2.15 bits per heavy atom. The van der Waals surface area contributed by atoms with E-state index in [0.29, 0.717) is 5.92 Å². The van der Waals surface area contributed by atoms with Crippen LogP contribution in [0.3, 0.4) is 0 Å². The Morgan fingerprint density at radius 1 is 1.45 bits per heavy atom. The van der Waals surface area contributed by atoms with E-state index in [2.05, 4.69) is 6.92 Å². The average Bonchev–Trinajstić information content (AvgIpc) is 2.87. The summed E-state index contributed by atoms with van der Waals surface area (Å²) >= 11 is 0. The number of carbonyl (C=O) groups is 1. The highest BCUT2D eigenvalue weighted by Gasteiger charge is 2.43. The molecule has 2 atom stereocenters. The van der Waals surface area contributed by atoms with Crippen LogP contribution in [-0.4, -0.2) is 35.3 Å². The summed E-state index contributed by atoms with van der Waals surface area (Å²) in [6.45, 7) is 2.41. The molecule has 1 fully saturated rings. The van der Waals surface area contributed by atoms with Crippen LogP contribution in [0.2, 0.25) is 0 Å². The number of nitrogens with zero attached hydrogens (tertiary/aromatic N) is 1. The second kappa shape index (κ2) is 6.27. The van der Waals surface area contributed by atoms with E-state index in [9.17, 15) is 9.90 Å². The minimum atomic E-state index is -0.451. The number of hydrogen-bond acceptors (Lipinski definition) is 3. The van der Waals surface area contributed by atoms with Gasteiger partial charge in [0.2, 0.25) is 0 Å². The summed E-state index contributed by atoms with van der Waals surface area (Å²) in [5.74, 6) is 0.534. The zero-order valence-electron chi connectivity index (χ0n) is 12.2. The Labute approximate surface area is 120 Å². The van der Waals surface area contributed by atoms with Gasteiger partial charge in [0.1, 0.15) is 6.61 Å². The number of aliphatic hydroxyl groups excluding tert-OH is 1. The molecule has 1 saturated carbocycles. The van der Waals surface area contributed by atoms with Crippen LogP contribution in [0.5, 0.6) is 0 Å². The number of rotatable bonds is 4. The summed E-state index contributed by atoms with van der Waals surface area (Å²) in [7, 11) is 1.72. The van der Waals surface area contributed by atoms with E-state index in [1.165, 1.54) is 0 Å². The standard InChI is InChI=1S/C16H23NO3/c1-13-8-9-16(10-13,12-18)17(2)15(19)20-11-14-6-4-3-5-7-14/h3-7,13,18H,8-12H2,1-2H3. The Morgan fingerprint density at radius 3 is 2.70 bits per heavy atom. The van der Waals surface area contributed by atoms with E-state index in [1.54, 1.807) is 11.9 Å². The Hall–Kier alpha value is -1.55. The van der Waals surface area contributed by atoms with E-state index in [-0.39, 0.29) is 19.3 Å². The summed E-state index contributed by atoms with van der Waals surface area (Å²) < 4.78 is 5.34. The Kier molecular flexibility index (Phi) is 4.65. The molecule has 1 aromatic carbocycles. The van der Waals surface area contributed by atoms with E-state index < -0.39 is 5.54 Å². The molecule has 1 amide bonds. The molecule has 20 heavy (non-hydrogen) atoms. The van der Waals surface area contributed by atoms with E-state index in [4.69, 9.17) is 4.74 Å². The molecule has 0 radical (unpaired) electrons. The lowest BCUT2D eigenvalue weighted by atomic mass is 9.96. The van der Waals surface area contributed by atoms with Gasteiger partial charge < -0.3 is 14.7 Å². The van der Waals surface area contributed by atoms with Crippen molar-refractivity contribution in [2.75, 3.05) is 13.7 Å². The summed E-state index contributed by atoms with van der Waals surface area (Å²) in [6.07, 6.45) is 2.34. The molecule has 1 N–H and O–H groups in total. The minimum Gasteiger partial charge on any atom is -0.445 e. The van der Waals surface area contributed by atoms with Crippen LogP contribution in [0.15, 0.2) is 30.3 Å². The monoisotopic (exact) mass is 277 g/mol. The van der Waals surface area contributed by atoms with Crippen LogP contribution in [-0.2, 0) is 11.3 Å². The molecule has 0 heterocycles. The molecule has 4 nitrogen and oxygen atoms in total. The summed E-state index contributed by atoms with van der Waals surface area (Å²) in [6, 6.07) is 9.61. The molecule has 0 aromatic heterocycles. The van der Waals surface area contributed by atoms with Crippen LogP contribution in [0.25, 0.3) is 0 Å². The van der Waals surface area contributed by atoms with Gasteiger partial charge in [0.25, 0.3) is 0 Å². The van der Waals surface area contributed by atoms with Gasteiger partial charge in [0.15, 0.2) is 0 Å². The van der Waals surface area contributed by atoms with E-state index >= 15 is 0 Å². The number of ether oxygens (including phenoxy) is 1. The van der Waals surface area contributed by atoms with Crippen molar-refractivity contribution < 1.29 is 14.6 Å². The quantitative estimate of drug-likeness (QED) is 0.920. The lowest BCUT2D eigenvalue weighted by Crippen LogP contribution is -2.50. The van der Waals surface area contributed by atoms with E-state index in [0.717, 1.165) is 24.8 Å². The molecule has 0 aliphatic heterocycles. The molecule has 2 rings (SSSR count). The van der Waals surface area contributed by atoms with E-state index in [1.807, 2.05) is 30.3 Å². The average molecular weight is 277 g/mol. The van der Waals surface area contributed by atoms with Gasteiger partial charge in [-0.15, -0.1) is 0 Å². The molecule has 4 heteroatoms. The van der Waals surface area contributed by atoms with Crippen molar-refractivity contribution in [3.05, 3.63) is 35.9 Å².